The van der Waals surface area contributed by atoms with E-state index >= 15 is 0 Å². The maximum Gasteiger partial charge on any atom is 0.219 e. The Kier molecular flexibility index (Phi) is 5.46. The fraction of sp³-hybridized carbons (Fsp3) is 0.458. The molecule has 168 valence electrons. The normalized spacial score (nSPS) is 18.9. The summed E-state index contributed by atoms with van der Waals surface area (Å²) in [7, 11) is 1.95. The lowest BCUT2D eigenvalue weighted by Crippen LogP contribution is -2.50. The van der Waals surface area contributed by atoms with Gasteiger partial charge in [0.2, 0.25) is 5.91 Å². The van der Waals surface area contributed by atoms with Gasteiger partial charge in [0.05, 0.1) is 31.5 Å². The SMILES string of the molecule is CC(=O)N1CCC(NC2COC2)=C(C(=N)N2CCCc3cc(-c4ccnn4C)ccc32)C1. The van der Waals surface area contributed by atoms with Crippen molar-refractivity contribution in [3.63, 3.8) is 0 Å². The van der Waals surface area contributed by atoms with Crippen molar-refractivity contribution >= 4 is 17.4 Å². The van der Waals surface area contributed by atoms with Crippen LogP contribution >= 0.6 is 0 Å². The molecule has 0 saturated carbocycles. The smallest absolute Gasteiger partial charge is 0.219 e. The van der Waals surface area contributed by atoms with Gasteiger partial charge in [-0.05, 0) is 36.6 Å². The van der Waals surface area contributed by atoms with Crippen LogP contribution in [0.1, 0.15) is 25.3 Å². The summed E-state index contributed by atoms with van der Waals surface area (Å²) in [6.07, 6.45) is 4.55. The molecule has 1 saturated heterocycles. The van der Waals surface area contributed by atoms with Gasteiger partial charge in [0, 0.05) is 62.2 Å². The number of fused-ring (bicyclic) bond motifs is 1. The van der Waals surface area contributed by atoms with Crippen LogP contribution in [0, 0.1) is 5.41 Å². The Hall–Kier alpha value is -3.13. The molecule has 1 aromatic carbocycles. The minimum absolute atomic E-state index is 0.0567. The molecule has 0 unspecified atom stereocenters. The summed E-state index contributed by atoms with van der Waals surface area (Å²) < 4.78 is 7.21. The first kappa shape index (κ1) is 20.8. The van der Waals surface area contributed by atoms with Crippen molar-refractivity contribution < 1.29 is 9.53 Å². The molecule has 0 spiro atoms. The number of ether oxygens (including phenoxy) is 1. The summed E-state index contributed by atoms with van der Waals surface area (Å²) in [5.41, 5.74) is 6.57. The van der Waals surface area contributed by atoms with E-state index in [1.165, 1.54) is 5.56 Å². The number of carbonyl (C=O) groups is 1. The van der Waals surface area contributed by atoms with Crippen LogP contribution in [-0.4, -0.2) is 65.3 Å². The second kappa shape index (κ2) is 8.43. The summed E-state index contributed by atoms with van der Waals surface area (Å²) in [6, 6.07) is 8.80. The lowest BCUT2D eigenvalue weighted by Gasteiger charge is -2.38. The number of nitrogens with one attached hydrogen (secondary N) is 2. The number of aryl methyl sites for hydroxylation is 2. The number of hydrogen-bond acceptors (Lipinski definition) is 5. The van der Waals surface area contributed by atoms with Crippen molar-refractivity contribution in [3.05, 3.63) is 47.3 Å². The number of hydrogen-bond donors (Lipinski definition) is 2. The lowest BCUT2D eigenvalue weighted by molar-refractivity contribution is -0.128. The number of amidine groups is 1. The Bertz CT molecular complexity index is 1080. The van der Waals surface area contributed by atoms with Crippen LogP contribution in [-0.2, 0) is 23.0 Å². The highest BCUT2D eigenvalue weighted by Gasteiger charge is 2.31. The number of carbonyl (C=O) groups excluding carboxylic acids is 1. The Morgan fingerprint density at radius 1 is 1.22 bits per heavy atom. The minimum atomic E-state index is 0.0567. The average molecular weight is 435 g/mol. The number of benzene rings is 1. The molecule has 32 heavy (non-hydrogen) atoms. The minimum Gasteiger partial charge on any atom is -0.381 e. The first-order valence-electron chi connectivity index (χ1n) is 11.3. The van der Waals surface area contributed by atoms with Crippen LogP contribution in [0.25, 0.3) is 11.3 Å². The third kappa shape index (κ3) is 3.79. The maximum absolute atomic E-state index is 12.1. The molecule has 0 atom stereocenters. The molecule has 8 heteroatoms. The monoisotopic (exact) mass is 434 g/mol. The molecule has 5 rings (SSSR count). The molecule has 8 nitrogen and oxygen atoms in total. The Morgan fingerprint density at radius 2 is 2.06 bits per heavy atom. The van der Waals surface area contributed by atoms with Gasteiger partial charge in [-0.15, -0.1) is 0 Å². The average Bonchev–Trinajstić information content (AvgIpc) is 3.20. The predicted molar refractivity (Wildman–Crippen MR) is 124 cm³/mol. The largest absolute Gasteiger partial charge is 0.381 e. The Balaban J connectivity index is 1.46. The molecule has 2 aromatic rings. The summed E-state index contributed by atoms with van der Waals surface area (Å²) in [5, 5.41) is 17.0. The summed E-state index contributed by atoms with van der Waals surface area (Å²) >= 11 is 0. The van der Waals surface area contributed by atoms with Gasteiger partial charge in [0.25, 0.3) is 0 Å². The van der Waals surface area contributed by atoms with Crippen LogP contribution in [0.4, 0.5) is 5.69 Å². The first-order valence-corrected chi connectivity index (χ1v) is 11.3. The van der Waals surface area contributed by atoms with Crippen molar-refractivity contribution in [2.75, 3.05) is 37.7 Å². The number of nitrogens with zero attached hydrogens (tertiary/aromatic N) is 4. The van der Waals surface area contributed by atoms with Crippen LogP contribution in [0.5, 0.6) is 0 Å². The summed E-state index contributed by atoms with van der Waals surface area (Å²) in [6.45, 7) is 4.97. The summed E-state index contributed by atoms with van der Waals surface area (Å²) in [5.74, 6) is 0.550. The van der Waals surface area contributed by atoms with Gasteiger partial charge in [0.15, 0.2) is 0 Å². The van der Waals surface area contributed by atoms with E-state index in [0.29, 0.717) is 38.2 Å². The quantitative estimate of drug-likeness (QED) is 0.570. The predicted octanol–water partition coefficient (Wildman–Crippen LogP) is 2.31. The molecular weight excluding hydrogens is 404 g/mol. The molecule has 1 amide bonds. The third-order valence-electron chi connectivity index (χ3n) is 6.68. The van der Waals surface area contributed by atoms with E-state index in [4.69, 9.17) is 10.1 Å². The molecule has 1 fully saturated rings. The van der Waals surface area contributed by atoms with Crippen molar-refractivity contribution in [2.24, 2.45) is 7.05 Å². The van der Waals surface area contributed by atoms with Gasteiger partial charge >= 0.3 is 0 Å². The molecule has 3 aliphatic rings. The highest BCUT2D eigenvalue weighted by molar-refractivity contribution is 6.09. The van der Waals surface area contributed by atoms with Crippen molar-refractivity contribution in [1.29, 1.82) is 5.41 Å². The molecule has 0 radical (unpaired) electrons. The molecule has 0 bridgehead atoms. The molecule has 1 aromatic heterocycles. The fourth-order valence-electron chi connectivity index (χ4n) is 4.78. The topological polar surface area (TPSA) is 86.5 Å². The fourth-order valence-corrected chi connectivity index (χ4v) is 4.78. The van der Waals surface area contributed by atoms with Crippen molar-refractivity contribution in [1.82, 2.24) is 20.0 Å². The van der Waals surface area contributed by atoms with Crippen molar-refractivity contribution in [3.8, 4) is 11.3 Å². The van der Waals surface area contributed by atoms with Gasteiger partial charge in [-0.25, -0.2) is 0 Å². The second-order valence-corrected chi connectivity index (χ2v) is 8.81. The molecular formula is C24H30N6O2. The lowest BCUT2D eigenvalue weighted by atomic mass is 9.96. The van der Waals surface area contributed by atoms with Crippen LogP contribution < -0.4 is 10.2 Å². The highest BCUT2D eigenvalue weighted by Crippen LogP contribution is 2.33. The van der Waals surface area contributed by atoms with Gasteiger partial charge in [-0.1, -0.05) is 6.07 Å². The van der Waals surface area contributed by atoms with E-state index in [9.17, 15) is 4.79 Å². The standard InChI is InChI=1S/C24H30N6O2/c1-16(31)29-11-8-21(27-19-14-32-15-19)20(13-29)24(25)30-10-3-4-17-12-18(5-6-23(17)30)22-7-9-26-28(22)2/h5-7,9,12,19,25,27H,3-4,8,10-11,13-15H2,1-2H3. The summed E-state index contributed by atoms with van der Waals surface area (Å²) in [4.78, 5) is 16.0. The van der Waals surface area contributed by atoms with Crippen molar-refractivity contribution in [2.45, 2.75) is 32.2 Å². The number of aromatic nitrogens is 2. The second-order valence-electron chi connectivity index (χ2n) is 8.81. The molecule has 3 aliphatic heterocycles. The van der Waals surface area contributed by atoms with E-state index < -0.39 is 0 Å². The zero-order valence-electron chi connectivity index (χ0n) is 18.7. The molecule has 2 N–H and O–H groups in total. The highest BCUT2D eigenvalue weighted by atomic mass is 16.5. The molecule has 0 aliphatic carbocycles. The number of anilines is 1. The zero-order chi connectivity index (χ0) is 22.2. The third-order valence-corrected chi connectivity index (χ3v) is 6.68. The van der Waals surface area contributed by atoms with E-state index in [-0.39, 0.29) is 5.91 Å². The maximum atomic E-state index is 12.1. The van der Waals surface area contributed by atoms with Crippen LogP contribution in [0.2, 0.25) is 0 Å². The molecule has 4 heterocycles. The van der Waals surface area contributed by atoms with Gasteiger partial charge in [-0.3, -0.25) is 14.9 Å². The van der Waals surface area contributed by atoms with Crippen LogP contribution in [0.15, 0.2) is 41.7 Å². The van der Waals surface area contributed by atoms with Gasteiger partial charge in [-0.2, -0.15) is 5.10 Å². The number of amides is 1. The first-order chi connectivity index (χ1) is 15.5. The van der Waals surface area contributed by atoms with Gasteiger partial charge in [0.1, 0.15) is 5.84 Å². The number of rotatable bonds is 4. The zero-order valence-corrected chi connectivity index (χ0v) is 18.7. The van der Waals surface area contributed by atoms with Gasteiger partial charge < -0.3 is 19.9 Å². The van der Waals surface area contributed by atoms with E-state index in [1.807, 2.05) is 28.9 Å². The Labute approximate surface area is 188 Å². The van der Waals surface area contributed by atoms with E-state index in [0.717, 1.165) is 54.0 Å². The van der Waals surface area contributed by atoms with E-state index in [1.54, 1.807) is 6.92 Å². The Morgan fingerprint density at radius 3 is 2.75 bits per heavy atom. The van der Waals surface area contributed by atoms with Crippen LogP contribution in [0.3, 0.4) is 0 Å². The van der Waals surface area contributed by atoms with E-state index in [2.05, 4.69) is 33.5 Å².